The fourth-order valence-corrected chi connectivity index (χ4v) is 2.85. The third-order valence-corrected chi connectivity index (χ3v) is 4.41. The molecule has 0 bridgehead atoms. The first kappa shape index (κ1) is 13.7. The van der Waals surface area contributed by atoms with E-state index in [2.05, 4.69) is 43.6 Å². The standard InChI is InChI=1S/C14H26OSi/c1-15-14(10-6-5-7-11-14)12-8-9-13-16(2,3)4/h8-9,12-13H,5-7,10-11H2,1-4H3/b12-8+,13-9+. The minimum Gasteiger partial charge on any atom is -0.374 e. The third-order valence-electron chi connectivity index (χ3n) is 3.21. The Balaban J connectivity index is 2.55. The average molecular weight is 238 g/mol. The summed E-state index contributed by atoms with van der Waals surface area (Å²) < 4.78 is 5.70. The Morgan fingerprint density at radius 3 is 2.12 bits per heavy atom. The van der Waals surface area contributed by atoms with Gasteiger partial charge in [-0.3, -0.25) is 0 Å². The largest absolute Gasteiger partial charge is 0.374 e. The van der Waals surface area contributed by atoms with Crippen molar-refractivity contribution in [1.29, 1.82) is 0 Å². The van der Waals surface area contributed by atoms with Crippen molar-refractivity contribution in [3.05, 3.63) is 23.9 Å². The summed E-state index contributed by atoms with van der Waals surface area (Å²) in [7, 11) is 0.794. The molecule has 0 atom stereocenters. The molecule has 0 aromatic heterocycles. The smallest absolute Gasteiger partial charge is 0.0861 e. The second kappa shape index (κ2) is 5.83. The van der Waals surface area contributed by atoms with Gasteiger partial charge >= 0.3 is 0 Å². The van der Waals surface area contributed by atoms with Crippen LogP contribution in [0.15, 0.2) is 23.9 Å². The molecule has 0 aromatic carbocycles. The highest BCUT2D eigenvalue weighted by Gasteiger charge is 2.28. The van der Waals surface area contributed by atoms with Crippen LogP contribution in [0.4, 0.5) is 0 Å². The van der Waals surface area contributed by atoms with Crippen molar-refractivity contribution in [3.63, 3.8) is 0 Å². The molecule has 1 aliphatic rings. The third kappa shape index (κ3) is 4.66. The van der Waals surface area contributed by atoms with E-state index < -0.39 is 8.07 Å². The monoisotopic (exact) mass is 238 g/mol. The van der Waals surface area contributed by atoms with Crippen LogP contribution in [0.2, 0.25) is 19.6 Å². The Morgan fingerprint density at radius 2 is 1.62 bits per heavy atom. The van der Waals surface area contributed by atoms with E-state index in [0.29, 0.717) is 0 Å². The lowest BCUT2D eigenvalue weighted by atomic mass is 9.84. The molecule has 1 fully saturated rings. The molecule has 1 saturated carbocycles. The van der Waals surface area contributed by atoms with E-state index in [0.717, 1.165) is 0 Å². The molecule has 0 N–H and O–H groups in total. The van der Waals surface area contributed by atoms with E-state index in [1.165, 1.54) is 32.1 Å². The van der Waals surface area contributed by atoms with E-state index in [1.54, 1.807) is 0 Å². The van der Waals surface area contributed by atoms with Gasteiger partial charge in [0.05, 0.1) is 13.7 Å². The zero-order valence-corrected chi connectivity index (χ0v) is 12.3. The van der Waals surface area contributed by atoms with Gasteiger partial charge in [0, 0.05) is 7.11 Å². The van der Waals surface area contributed by atoms with Crippen LogP contribution >= 0.6 is 0 Å². The maximum Gasteiger partial charge on any atom is 0.0861 e. The molecule has 0 radical (unpaired) electrons. The van der Waals surface area contributed by atoms with Crippen molar-refractivity contribution in [2.75, 3.05) is 7.11 Å². The number of hydrogen-bond donors (Lipinski definition) is 0. The summed E-state index contributed by atoms with van der Waals surface area (Å²) in [5.74, 6) is 0. The summed E-state index contributed by atoms with van der Waals surface area (Å²) in [6, 6.07) is 0. The van der Waals surface area contributed by atoms with E-state index in [9.17, 15) is 0 Å². The summed E-state index contributed by atoms with van der Waals surface area (Å²) >= 11 is 0. The van der Waals surface area contributed by atoms with Gasteiger partial charge in [0.1, 0.15) is 0 Å². The van der Waals surface area contributed by atoms with E-state index >= 15 is 0 Å². The molecule has 0 amide bonds. The molecule has 0 aromatic rings. The summed E-state index contributed by atoms with van der Waals surface area (Å²) in [5, 5.41) is 0. The molecule has 0 saturated heterocycles. The first-order chi connectivity index (χ1) is 7.47. The number of ether oxygens (including phenoxy) is 1. The molecule has 1 aliphatic carbocycles. The van der Waals surface area contributed by atoms with Crippen molar-refractivity contribution in [3.8, 4) is 0 Å². The molecule has 1 rings (SSSR count). The van der Waals surface area contributed by atoms with Crippen molar-refractivity contribution >= 4 is 8.07 Å². The lowest BCUT2D eigenvalue weighted by Gasteiger charge is -2.33. The van der Waals surface area contributed by atoms with Gasteiger partial charge in [0.25, 0.3) is 0 Å². The van der Waals surface area contributed by atoms with Crippen molar-refractivity contribution in [2.45, 2.75) is 57.3 Å². The summed E-state index contributed by atoms with van der Waals surface area (Å²) in [5.41, 5.74) is 2.40. The first-order valence-corrected chi connectivity index (χ1v) is 9.97. The van der Waals surface area contributed by atoms with Gasteiger partial charge in [0.2, 0.25) is 0 Å². The number of hydrogen-bond acceptors (Lipinski definition) is 1. The highest BCUT2D eigenvalue weighted by Crippen LogP contribution is 2.32. The van der Waals surface area contributed by atoms with Crippen LogP contribution in [-0.4, -0.2) is 20.8 Å². The van der Waals surface area contributed by atoms with Crippen molar-refractivity contribution in [1.82, 2.24) is 0 Å². The quantitative estimate of drug-likeness (QED) is 0.523. The van der Waals surface area contributed by atoms with Crippen LogP contribution in [0.5, 0.6) is 0 Å². The Bertz CT molecular complexity index is 254. The van der Waals surface area contributed by atoms with Crippen molar-refractivity contribution in [2.24, 2.45) is 0 Å². The van der Waals surface area contributed by atoms with E-state index in [4.69, 9.17) is 4.74 Å². The molecule has 0 heterocycles. The zero-order chi connectivity index (χ0) is 12.1. The van der Waals surface area contributed by atoms with Crippen LogP contribution in [0.3, 0.4) is 0 Å². The van der Waals surface area contributed by atoms with Gasteiger partial charge in [-0.2, -0.15) is 0 Å². The van der Waals surface area contributed by atoms with Crippen molar-refractivity contribution < 1.29 is 4.74 Å². The predicted molar refractivity (Wildman–Crippen MR) is 74.5 cm³/mol. The number of methoxy groups -OCH3 is 1. The highest BCUT2D eigenvalue weighted by molar-refractivity contribution is 6.80. The van der Waals surface area contributed by atoms with Gasteiger partial charge < -0.3 is 4.74 Å². The van der Waals surface area contributed by atoms with Gasteiger partial charge in [-0.15, -0.1) is 0 Å². The van der Waals surface area contributed by atoms with Crippen LogP contribution in [0.1, 0.15) is 32.1 Å². The SMILES string of the molecule is COC1(/C=C/C=C/[Si](C)(C)C)CCCCC1. The van der Waals surface area contributed by atoms with Crippen LogP contribution in [-0.2, 0) is 4.74 Å². The Hall–Kier alpha value is -0.343. The molecule has 92 valence electrons. The number of allylic oxidation sites excluding steroid dienone is 2. The molecule has 0 aliphatic heterocycles. The van der Waals surface area contributed by atoms with Gasteiger partial charge in [0.15, 0.2) is 0 Å². The average Bonchev–Trinajstić information content (AvgIpc) is 2.25. The van der Waals surface area contributed by atoms with Crippen LogP contribution in [0.25, 0.3) is 0 Å². The fourth-order valence-electron chi connectivity index (χ4n) is 2.16. The predicted octanol–water partition coefficient (Wildman–Crippen LogP) is 4.33. The second-order valence-electron chi connectivity index (χ2n) is 5.91. The molecular formula is C14H26OSi. The minimum absolute atomic E-state index is 0.0298. The minimum atomic E-state index is -1.05. The topological polar surface area (TPSA) is 9.23 Å². The maximum absolute atomic E-state index is 5.70. The van der Waals surface area contributed by atoms with Gasteiger partial charge in [-0.25, -0.2) is 0 Å². The Kier molecular flexibility index (Phi) is 5.00. The summed E-state index contributed by atoms with van der Waals surface area (Å²) in [6.07, 6.45) is 13.0. The maximum atomic E-state index is 5.70. The van der Waals surface area contributed by atoms with Gasteiger partial charge in [-0.1, -0.05) is 62.8 Å². The molecule has 1 nitrogen and oxygen atoms in total. The van der Waals surface area contributed by atoms with Gasteiger partial charge in [-0.05, 0) is 12.8 Å². The summed E-state index contributed by atoms with van der Waals surface area (Å²) in [4.78, 5) is 0. The Morgan fingerprint density at radius 1 is 1.00 bits per heavy atom. The lowest BCUT2D eigenvalue weighted by Crippen LogP contribution is -2.31. The summed E-state index contributed by atoms with van der Waals surface area (Å²) in [6.45, 7) is 7.05. The molecule has 16 heavy (non-hydrogen) atoms. The molecule has 2 heteroatoms. The first-order valence-electron chi connectivity index (χ1n) is 6.40. The number of rotatable bonds is 4. The van der Waals surface area contributed by atoms with Crippen LogP contribution in [0, 0.1) is 0 Å². The van der Waals surface area contributed by atoms with Crippen LogP contribution < -0.4 is 0 Å². The fraction of sp³-hybridized carbons (Fsp3) is 0.714. The zero-order valence-electron chi connectivity index (χ0n) is 11.3. The second-order valence-corrected chi connectivity index (χ2v) is 11.0. The normalized spacial score (nSPS) is 22.0. The van der Waals surface area contributed by atoms with E-state index in [1.807, 2.05) is 7.11 Å². The Labute approximate surface area is 102 Å². The molecular weight excluding hydrogens is 212 g/mol. The highest BCUT2D eigenvalue weighted by atomic mass is 28.3. The van der Waals surface area contributed by atoms with E-state index in [-0.39, 0.29) is 5.60 Å². The lowest BCUT2D eigenvalue weighted by molar-refractivity contribution is 0.00204. The molecule has 0 spiro atoms. The molecule has 0 unspecified atom stereocenters.